The molecule has 0 aromatic rings. The standard InChI is InChI=1S/C8H14O2/c1-4-8(3,6-9)5-7(2)10/h6H,4-5H2,1-3H3. The predicted molar refractivity (Wildman–Crippen MR) is 39.8 cm³/mol. The van der Waals surface area contributed by atoms with E-state index in [0.29, 0.717) is 6.42 Å². The van der Waals surface area contributed by atoms with E-state index in [4.69, 9.17) is 0 Å². The van der Waals surface area contributed by atoms with Crippen LogP contribution in [0, 0.1) is 5.41 Å². The fourth-order valence-electron chi connectivity index (χ4n) is 0.819. The Morgan fingerprint density at radius 2 is 2.10 bits per heavy atom. The average molecular weight is 142 g/mol. The molecule has 0 fully saturated rings. The number of carbonyl (C=O) groups excluding carboxylic acids is 2. The van der Waals surface area contributed by atoms with Crippen LogP contribution in [0.1, 0.15) is 33.6 Å². The molecule has 0 aromatic heterocycles. The maximum Gasteiger partial charge on any atom is 0.130 e. The molecule has 0 saturated heterocycles. The van der Waals surface area contributed by atoms with Gasteiger partial charge in [0.2, 0.25) is 0 Å². The third-order valence-corrected chi connectivity index (χ3v) is 1.74. The molecule has 0 heterocycles. The minimum Gasteiger partial charge on any atom is -0.303 e. The van der Waals surface area contributed by atoms with Gasteiger partial charge in [-0.05, 0) is 13.3 Å². The molecule has 0 aliphatic carbocycles. The van der Waals surface area contributed by atoms with Crippen LogP contribution in [0.2, 0.25) is 0 Å². The summed E-state index contributed by atoms with van der Waals surface area (Å²) in [4.78, 5) is 21.1. The van der Waals surface area contributed by atoms with Crippen LogP contribution in [0.25, 0.3) is 0 Å². The molecule has 0 aliphatic rings. The Labute approximate surface area is 61.6 Å². The van der Waals surface area contributed by atoms with Crippen LogP contribution in [0.5, 0.6) is 0 Å². The first-order valence-corrected chi connectivity index (χ1v) is 3.50. The monoisotopic (exact) mass is 142 g/mol. The second-order valence-electron chi connectivity index (χ2n) is 3.00. The molecule has 0 N–H and O–H groups in total. The van der Waals surface area contributed by atoms with Gasteiger partial charge in [-0.25, -0.2) is 0 Å². The second kappa shape index (κ2) is 3.49. The number of hydrogen-bond acceptors (Lipinski definition) is 2. The average Bonchev–Trinajstić information content (AvgIpc) is 1.87. The highest BCUT2D eigenvalue weighted by molar-refractivity contribution is 5.80. The Bertz CT molecular complexity index is 140. The molecule has 0 amide bonds. The summed E-state index contributed by atoms with van der Waals surface area (Å²) in [5.41, 5.74) is -0.425. The SMILES string of the molecule is CCC(C)(C=O)CC(C)=O. The second-order valence-corrected chi connectivity index (χ2v) is 3.00. The molecule has 1 atom stereocenters. The van der Waals surface area contributed by atoms with Crippen LogP contribution in [0.15, 0.2) is 0 Å². The quantitative estimate of drug-likeness (QED) is 0.558. The normalized spacial score (nSPS) is 15.9. The van der Waals surface area contributed by atoms with E-state index in [-0.39, 0.29) is 5.78 Å². The first-order chi connectivity index (χ1) is 4.54. The molecule has 0 spiro atoms. The van der Waals surface area contributed by atoms with Gasteiger partial charge in [0, 0.05) is 11.8 Å². The lowest BCUT2D eigenvalue weighted by Crippen LogP contribution is -2.20. The van der Waals surface area contributed by atoms with Gasteiger partial charge in [-0.2, -0.15) is 0 Å². The van der Waals surface area contributed by atoms with Crippen molar-refractivity contribution in [1.29, 1.82) is 0 Å². The van der Waals surface area contributed by atoms with Crippen molar-refractivity contribution in [2.45, 2.75) is 33.6 Å². The molecule has 0 saturated carbocycles. The van der Waals surface area contributed by atoms with Crippen molar-refractivity contribution in [3.05, 3.63) is 0 Å². The Morgan fingerprint density at radius 1 is 1.60 bits per heavy atom. The van der Waals surface area contributed by atoms with Crippen LogP contribution in [-0.2, 0) is 9.59 Å². The molecule has 0 aliphatic heterocycles. The van der Waals surface area contributed by atoms with E-state index in [2.05, 4.69) is 0 Å². The van der Waals surface area contributed by atoms with Crippen LogP contribution in [-0.4, -0.2) is 12.1 Å². The van der Waals surface area contributed by atoms with Crippen LogP contribution in [0.3, 0.4) is 0 Å². The third kappa shape index (κ3) is 2.76. The molecule has 0 rings (SSSR count). The lowest BCUT2D eigenvalue weighted by Gasteiger charge is -2.17. The summed E-state index contributed by atoms with van der Waals surface area (Å²) in [7, 11) is 0. The van der Waals surface area contributed by atoms with Gasteiger partial charge in [-0.15, -0.1) is 0 Å². The molecule has 1 unspecified atom stereocenters. The number of rotatable bonds is 4. The third-order valence-electron chi connectivity index (χ3n) is 1.74. The van der Waals surface area contributed by atoms with Crippen LogP contribution < -0.4 is 0 Å². The van der Waals surface area contributed by atoms with Crippen LogP contribution >= 0.6 is 0 Å². The fraction of sp³-hybridized carbons (Fsp3) is 0.750. The molecule has 2 heteroatoms. The van der Waals surface area contributed by atoms with Gasteiger partial charge in [0.05, 0.1) is 0 Å². The molecule has 2 nitrogen and oxygen atoms in total. The summed E-state index contributed by atoms with van der Waals surface area (Å²) < 4.78 is 0. The van der Waals surface area contributed by atoms with Crippen molar-refractivity contribution >= 4 is 12.1 Å². The Hall–Kier alpha value is -0.660. The summed E-state index contributed by atoms with van der Waals surface area (Å²) in [5, 5.41) is 0. The van der Waals surface area contributed by atoms with Crippen molar-refractivity contribution in [1.82, 2.24) is 0 Å². The topological polar surface area (TPSA) is 34.1 Å². The van der Waals surface area contributed by atoms with Gasteiger partial charge in [0.1, 0.15) is 12.1 Å². The van der Waals surface area contributed by atoms with E-state index >= 15 is 0 Å². The highest BCUT2D eigenvalue weighted by Crippen LogP contribution is 2.22. The highest BCUT2D eigenvalue weighted by Gasteiger charge is 2.22. The zero-order valence-corrected chi connectivity index (χ0v) is 6.81. The predicted octanol–water partition coefficient (Wildman–Crippen LogP) is 1.58. The van der Waals surface area contributed by atoms with Gasteiger partial charge in [-0.1, -0.05) is 13.8 Å². The number of Topliss-reactive ketones (excluding diaryl/α,β-unsaturated/α-hetero) is 1. The Kier molecular flexibility index (Phi) is 3.26. The van der Waals surface area contributed by atoms with Gasteiger partial charge in [0.25, 0.3) is 0 Å². The van der Waals surface area contributed by atoms with Crippen molar-refractivity contribution < 1.29 is 9.59 Å². The van der Waals surface area contributed by atoms with E-state index in [1.54, 1.807) is 6.92 Å². The maximum absolute atomic E-state index is 10.6. The molecular weight excluding hydrogens is 128 g/mol. The fourth-order valence-corrected chi connectivity index (χ4v) is 0.819. The first-order valence-electron chi connectivity index (χ1n) is 3.50. The zero-order valence-electron chi connectivity index (χ0n) is 6.81. The molecule has 0 aromatic carbocycles. The maximum atomic E-state index is 10.6. The zero-order chi connectivity index (χ0) is 8.20. The summed E-state index contributed by atoms with van der Waals surface area (Å²) in [6.07, 6.45) is 1.97. The Morgan fingerprint density at radius 3 is 2.20 bits per heavy atom. The van der Waals surface area contributed by atoms with Crippen molar-refractivity contribution in [3.8, 4) is 0 Å². The van der Waals surface area contributed by atoms with Crippen molar-refractivity contribution in [2.24, 2.45) is 5.41 Å². The number of aldehydes is 1. The minimum atomic E-state index is -0.425. The molecule has 58 valence electrons. The van der Waals surface area contributed by atoms with E-state index in [1.807, 2.05) is 6.92 Å². The van der Waals surface area contributed by atoms with E-state index in [0.717, 1.165) is 12.7 Å². The van der Waals surface area contributed by atoms with Gasteiger partial charge >= 0.3 is 0 Å². The summed E-state index contributed by atoms with van der Waals surface area (Å²) in [6.45, 7) is 5.23. The van der Waals surface area contributed by atoms with Gasteiger partial charge < -0.3 is 4.79 Å². The molecule has 0 radical (unpaired) electrons. The van der Waals surface area contributed by atoms with Crippen molar-refractivity contribution in [3.63, 3.8) is 0 Å². The lowest BCUT2D eigenvalue weighted by molar-refractivity contribution is -0.124. The van der Waals surface area contributed by atoms with Crippen molar-refractivity contribution in [2.75, 3.05) is 0 Å². The number of ketones is 1. The largest absolute Gasteiger partial charge is 0.303 e. The lowest BCUT2D eigenvalue weighted by atomic mass is 9.84. The molecular formula is C8H14O2. The molecule has 0 bridgehead atoms. The molecule has 10 heavy (non-hydrogen) atoms. The number of carbonyl (C=O) groups is 2. The summed E-state index contributed by atoms with van der Waals surface area (Å²) in [6, 6.07) is 0. The highest BCUT2D eigenvalue weighted by atomic mass is 16.1. The summed E-state index contributed by atoms with van der Waals surface area (Å²) in [5.74, 6) is 0.0800. The van der Waals surface area contributed by atoms with E-state index in [1.165, 1.54) is 6.92 Å². The van der Waals surface area contributed by atoms with Gasteiger partial charge in [0.15, 0.2) is 0 Å². The summed E-state index contributed by atoms with van der Waals surface area (Å²) >= 11 is 0. The number of hydrogen-bond donors (Lipinski definition) is 0. The Balaban J connectivity index is 4.05. The van der Waals surface area contributed by atoms with Gasteiger partial charge in [-0.3, -0.25) is 4.79 Å². The van der Waals surface area contributed by atoms with E-state index < -0.39 is 5.41 Å². The smallest absolute Gasteiger partial charge is 0.130 e. The van der Waals surface area contributed by atoms with E-state index in [9.17, 15) is 9.59 Å². The minimum absolute atomic E-state index is 0.0800. The first kappa shape index (κ1) is 9.34. The van der Waals surface area contributed by atoms with Crippen LogP contribution in [0.4, 0.5) is 0 Å².